The van der Waals surface area contributed by atoms with Crippen LogP contribution in [-0.2, 0) is 14.3 Å². The van der Waals surface area contributed by atoms with Crippen molar-refractivity contribution in [1.82, 2.24) is 0 Å². The lowest BCUT2D eigenvalue weighted by atomic mass is 10.1. The van der Waals surface area contributed by atoms with Crippen LogP contribution in [-0.4, -0.2) is 23.1 Å². The summed E-state index contributed by atoms with van der Waals surface area (Å²) >= 11 is 0. The van der Waals surface area contributed by atoms with Crippen molar-refractivity contribution in [3.8, 4) is 0 Å². The summed E-state index contributed by atoms with van der Waals surface area (Å²) < 4.78 is 5.57. The normalized spacial score (nSPS) is 12.1. The number of carbonyl (C=O) groups excluding carboxylic acids is 1. The van der Waals surface area contributed by atoms with Crippen LogP contribution in [0, 0.1) is 0 Å². The lowest BCUT2D eigenvalue weighted by molar-refractivity contribution is -0.150. The molecule has 0 rings (SSSR count). The Kier molecular flexibility index (Phi) is 14.1. The molecule has 0 aromatic heterocycles. The number of carboxylic acid groups (broad SMARTS) is 1. The van der Waals surface area contributed by atoms with Gasteiger partial charge in [-0.2, -0.15) is 0 Å². The van der Waals surface area contributed by atoms with Crippen molar-refractivity contribution in [1.29, 1.82) is 0 Å². The summed E-state index contributed by atoms with van der Waals surface area (Å²) in [5, 5.41) is 8.59. The molecule has 0 saturated heterocycles. The quantitative estimate of drug-likeness (QED) is 0.337. The second kappa shape index (κ2) is 14.9. The lowest BCUT2D eigenvalue weighted by Gasteiger charge is -2.17. The largest absolute Gasteiger partial charge is 0.481 e. The van der Waals surface area contributed by atoms with E-state index in [1.54, 1.807) is 0 Å². The second-order valence-electron chi connectivity index (χ2n) is 6.06. The first-order chi connectivity index (χ1) is 10.6. The molecule has 0 spiro atoms. The fourth-order valence-electron chi connectivity index (χ4n) is 2.53. The Labute approximate surface area is 135 Å². The number of hydrogen-bond acceptors (Lipinski definition) is 3. The van der Waals surface area contributed by atoms with E-state index in [4.69, 9.17) is 9.84 Å². The molecule has 0 amide bonds. The van der Waals surface area contributed by atoms with Crippen LogP contribution < -0.4 is 0 Å². The molecule has 0 aliphatic heterocycles. The molecule has 1 atom stereocenters. The monoisotopic (exact) mass is 314 g/mol. The van der Waals surface area contributed by atoms with Gasteiger partial charge >= 0.3 is 11.9 Å². The van der Waals surface area contributed by atoms with Gasteiger partial charge in [0, 0.05) is 12.8 Å². The first kappa shape index (κ1) is 20.9. The molecule has 0 aromatic carbocycles. The maximum absolute atomic E-state index is 11.8. The maximum atomic E-state index is 11.8. The van der Waals surface area contributed by atoms with Crippen LogP contribution in [0.5, 0.6) is 0 Å². The molecule has 0 radical (unpaired) electrons. The van der Waals surface area contributed by atoms with E-state index in [1.165, 1.54) is 19.3 Å². The van der Waals surface area contributed by atoms with E-state index in [9.17, 15) is 9.59 Å². The molecule has 1 unspecified atom stereocenters. The van der Waals surface area contributed by atoms with E-state index in [1.807, 2.05) is 0 Å². The summed E-state index contributed by atoms with van der Waals surface area (Å²) in [5.41, 5.74) is 0. The smallest absolute Gasteiger partial charge is 0.306 e. The van der Waals surface area contributed by atoms with Gasteiger partial charge in [-0.15, -0.1) is 0 Å². The van der Waals surface area contributed by atoms with Gasteiger partial charge in [0.15, 0.2) is 0 Å². The summed E-state index contributed by atoms with van der Waals surface area (Å²) in [6.45, 7) is 4.27. The molecule has 0 aliphatic carbocycles. The number of hydrogen-bond donors (Lipinski definition) is 1. The number of carbonyl (C=O) groups is 2. The Balaban J connectivity index is 3.77. The van der Waals surface area contributed by atoms with E-state index < -0.39 is 5.97 Å². The van der Waals surface area contributed by atoms with E-state index in [-0.39, 0.29) is 18.5 Å². The van der Waals surface area contributed by atoms with Crippen molar-refractivity contribution in [3.05, 3.63) is 0 Å². The molecule has 4 nitrogen and oxygen atoms in total. The summed E-state index contributed by atoms with van der Waals surface area (Å²) in [5.74, 6) is -0.805. The summed E-state index contributed by atoms with van der Waals surface area (Å²) in [4.78, 5) is 22.3. The fraction of sp³-hybridized carbons (Fsp3) is 0.889. The Morgan fingerprint density at radius 3 is 2.09 bits per heavy atom. The maximum Gasteiger partial charge on any atom is 0.306 e. The minimum atomic E-state index is -0.736. The standard InChI is InChI=1S/C18H34O4/c1-3-5-6-7-11-15-18(21)22-16(12-4-2)13-9-8-10-14-17(19)20/h16H,3-15H2,1-2H3,(H,19,20). The third kappa shape index (κ3) is 13.9. The average Bonchev–Trinajstić information content (AvgIpc) is 2.46. The molecule has 1 N–H and O–H groups in total. The van der Waals surface area contributed by atoms with E-state index >= 15 is 0 Å². The molecule has 130 valence electrons. The topological polar surface area (TPSA) is 63.6 Å². The van der Waals surface area contributed by atoms with Gasteiger partial charge in [-0.25, -0.2) is 0 Å². The zero-order chi connectivity index (χ0) is 16.6. The first-order valence-electron chi connectivity index (χ1n) is 9.01. The van der Waals surface area contributed by atoms with Crippen molar-refractivity contribution in [2.45, 2.75) is 103 Å². The molecule has 0 saturated carbocycles. The van der Waals surface area contributed by atoms with Crippen LogP contribution in [0.15, 0.2) is 0 Å². The van der Waals surface area contributed by atoms with Crippen molar-refractivity contribution in [2.24, 2.45) is 0 Å². The number of carboxylic acids is 1. The predicted molar refractivity (Wildman–Crippen MR) is 88.9 cm³/mol. The minimum absolute atomic E-state index is 0.0120. The second-order valence-corrected chi connectivity index (χ2v) is 6.06. The molecule has 0 fully saturated rings. The van der Waals surface area contributed by atoms with Gasteiger partial charge in [0.1, 0.15) is 6.10 Å². The molecule has 4 heteroatoms. The minimum Gasteiger partial charge on any atom is -0.481 e. The zero-order valence-corrected chi connectivity index (χ0v) is 14.4. The summed E-state index contributed by atoms with van der Waals surface area (Å²) in [7, 11) is 0. The van der Waals surface area contributed by atoms with Crippen LogP contribution in [0.2, 0.25) is 0 Å². The van der Waals surface area contributed by atoms with Crippen molar-refractivity contribution >= 4 is 11.9 Å². The number of unbranched alkanes of at least 4 members (excludes halogenated alkanes) is 6. The average molecular weight is 314 g/mol. The highest BCUT2D eigenvalue weighted by Gasteiger charge is 2.13. The fourth-order valence-corrected chi connectivity index (χ4v) is 2.53. The van der Waals surface area contributed by atoms with Gasteiger partial charge in [0.05, 0.1) is 0 Å². The third-order valence-electron chi connectivity index (χ3n) is 3.81. The highest BCUT2D eigenvalue weighted by atomic mass is 16.5. The molecular weight excluding hydrogens is 280 g/mol. The van der Waals surface area contributed by atoms with Crippen LogP contribution in [0.4, 0.5) is 0 Å². The van der Waals surface area contributed by atoms with Gasteiger partial charge < -0.3 is 9.84 Å². The molecule has 0 bridgehead atoms. The summed E-state index contributed by atoms with van der Waals surface area (Å²) in [6, 6.07) is 0. The van der Waals surface area contributed by atoms with Crippen LogP contribution in [0.25, 0.3) is 0 Å². The lowest BCUT2D eigenvalue weighted by Crippen LogP contribution is -2.18. The first-order valence-corrected chi connectivity index (χ1v) is 9.01. The van der Waals surface area contributed by atoms with Crippen LogP contribution in [0.1, 0.15) is 97.3 Å². The van der Waals surface area contributed by atoms with Gasteiger partial charge in [0.2, 0.25) is 0 Å². The van der Waals surface area contributed by atoms with Crippen molar-refractivity contribution in [3.63, 3.8) is 0 Å². The van der Waals surface area contributed by atoms with Gasteiger partial charge in [-0.3, -0.25) is 9.59 Å². The van der Waals surface area contributed by atoms with E-state index in [0.29, 0.717) is 12.8 Å². The highest BCUT2D eigenvalue weighted by Crippen LogP contribution is 2.15. The zero-order valence-electron chi connectivity index (χ0n) is 14.4. The Morgan fingerprint density at radius 2 is 1.45 bits per heavy atom. The number of rotatable bonds is 15. The number of aliphatic carboxylic acids is 1. The third-order valence-corrected chi connectivity index (χ3v) is 3.81. The highest BCUT2D eigenvalue weighted by molar-refractivity contribution is 5.69. The Morgan fingerprint density at radius 1 is 0.818 bits per heavy atom. The van der Waals surface area contributed by atoms with Crippen molar-refractivity contribution in [2.75, 3.05) is 0 Å². The van der Waals surface area contributed by atoms with Gasteiger partial charge in [-0.1, -0.05) is 52.4 Å². The predicted octanol–water partition coefficient (Wildman–Crippen LogP) is 5.09. The molecular formula is C18H34O4. The summed E-state index contributed by atoms with van der Waals surface area (Å²) in [6.07, 6.45) is 11.8. The SMILES string of the molecule is CCCCCCCC(=O)OC(CCC)CCCCCC(=O)O. The molecule has 0 aromatic rings. The van der Waals surface area contributed by atoms with Crippen LogP contribution >= 0.6 is 0 Å². The van der Waals surface area contributed by atoms with Gasteiger partial charge in [0.25, 0.3) is 0 Å². The molecule has 0 aliphatic rings. The van der Waals surface area contributed by atoms with Crippen molar-refractivity contribution < 1.29 is 19.4 Å². The Bertz CT molecular complexity index is 289. The van der Waals surface area contributed by atoms with Gasteiger partial charge in [-0.05, 0) is 32.1 Å². The van der Waals surface area contributed by atoms with E-state index in [2.05, 4.69) is 13.8 Å². The number of esters is 1. The molecule has 22 heavy (non-hydrogen) atoms. The van der Waals surface area contributed by atoms with E-state index in [0.717, 1.165) is 44.9 Å². The Hall–Kier alpha value is -1.06. The molecule has 0 heterocycles. The van der Waals surface area contributed by atoms with Crippen LogP contribution in [0.3, 0.4) is 0 Å². The number of ether oxygens (including phenoxy) is 1.